The third-order valence-corrected chi connectivity index (χ3v) is 4.10. The molecule has 0 fully saturated rings. The second-order valence-corrected chi connectivity index (χ2v) is 5.93. The number of imidazole rings is 1. The van der Waals surface area contributed by atoms with Gasteiger partial charge in [0, 0.05) is 17.3 Å². The largest absolute Gasteiger partial charge is 0.306 e. The standard InChI is InChI=1S/C21H17N3O/c1-15-12-13-24-18(14-15)22-19(16-8-4-2-5-9-16)20(24)23-21(25)17-10-6-3-7-11-17/h2-14H,1H3,(H,23,25). The molecule has 0 spiro atoms. The Hall–Kier alpha value is -3.40. The summed E-state index contributed by atoms with van der Waals surface area (Å²) in [6.07, 6.45) is 1.94. The molecule has 0 aliphatic rings. The van der Waals surface area contributed by atoms with Crippen molar-refractivity contribution < 1.29 is 4.79 Å². The molecule has 2 aromatic carbocycles. The Morgan fingerprint density at radius 2 is 1.64 bits per heavy atom. The molecule has 122 valence electrons. The SMILES string of the molecule is Cc1ccn2c(NC(=O)c3ccccc3)c(-c3ccccc3)nc2c1. The number of hydrogen-bond acceptors (Lipinski definition) is 2. The summed E-state index contributed by atoms with van der Waals surface area (Å²) >= 11 is 0. The highest BCUT2D eigenvalue weighted by Gasteiger charge is 2.17. The van der Waals surface area contributed by atoms with E-state index in [2.05, 4.69) is 5.32 Å². The minimum atomic E-state index is -0.153. The van der Waals surface area contributed by atoms with E-state index < -0.39 is 0 Å². The van der Waals surface area contributed by atoms with Crippen LogP contribution in [0.15, 0.2) is 79.0 Å². The van der Waals surface area contributed by atoms with Gasteiger partial charge in [0.25, 0.3) is 5.91 Å². The number of hydrogen-bond donors (Lipinski definition) is 1. The summed E-state index contributed by atoms with van der Waals surface area (Å²) in [5.41, 5.74) is 4.27. The molecular formula is C21H17N3O. The highest BCUT2D eigenvalue weighted by atomic mass is 16.1. The first-order valence-electron chi connectivity index (χ1n) is 8.13. The van der Waals surface area contributed by atoms with Crippen LogP contribution in [0, 0.1) is 6.92 Å². The zero-order valence-electron chi connectivity index (χ0n) is 13.8. The monoisotopic (exact) mass is 327 g/mol. The normalized spacial score (nSPS) is 10.8. The van der Waals surface area contributed by atoms with Crippen molar-refractivity contribution in [1.29, 1.82) is 0 Å². The zero-order valence-corrected chi connectivity index (χ0v) is 13.8. The van der Waals surface area contributed by atoms with Crippen LogP contribution in [-0.2, 0) is 0 Å². The topological polar surface area (TPSA) is 46.4 Å². The Morgan fingerprint density at radius 3 is 2.36 bits per heavy atom. The summed E-state index contributed by atoms with van der Waals surface area (Å²) < 4.78 is 1.91. The fraction of sp³-hybridized carbons (Fsp3) is 0.0476. The molecule has 1 amide bonds. The van der Waals surface area contributed by atoms with Crippen LogP contribution in [0.5, 0.6) is 0 Å². The molecule has 0 bridgehead atoms. The van der Waals surface area contributed by atoms with Gasteiger partial charge in [0.2, 0.25) is 0 Å². The number of carbonyl (C=O) groups excluding carboxylic acids is 1. The van der Waals surface area contributed by atoms with Crippen molar-refractivity contribution in [3.63, 3.8) is 0 Å². The Labute approximate surface area is 145 Å². The van der Waals surface area contributed by atoms with Crippen molar-refractivity contribution in [1.82, 2.24) is 9.38 Å². The van der Waals surface area contributed by atoms with E-state index >= 15 is 0 Å². The summed E-state index contributed by atoms with van der Waals surface area (Å²) in [4.78, 5) is 17.4. The number of benzene rings is 2. The molecule has 4 aromatic rings. The van der Waals surface area contributed by atoms with Gasteiger partial charge in [0.05, 0.1) is 0 Å². The maximum Gasteiger partial charge on any atom is 0.256 e. The summed E-state index contributed by atoms with van der Waals surface area (Å²) in [7, 11) is 0. The van der Waals surface area contributed by atoms with Gasteiger partial charge in [-0.2, -0.15) is 0 Å². The molecule has 0 radical (unpaired) electrons. The van der Waals surface area contributed by atoms with Gasteiger partial charge in [-0.05, 0) is 36.8 Å². The Morgan fingerprint density at radius 1 is 0.960 bits per heavy atom. The summed E-state index contributed by atoms with van der Waals surface area (Å²) in [6.45, 7) is 2.03. The lowest BCUT2D eigenvalue weighted by molar-refractivity contribution is 0.102. The van der Waals surface area contributed by atoms with E-state index in [-0.39, 0.29) is 5.91 Å². The number of nitrogens with zero attached hydrogens (tertiary/aromatic N) is 2. The highest BCUT2D eigenvalue weighted by Crippen LogP contribution is 2.29. The smallest absolute Gasteiger partial charge is 0.256 e. The molecule has 0 saturated heterocycles. The molecule has 0 unspecified atom stereocenters. The minimum Gasteiger partial charge on any atom is -0.306 e. The number of aryl methyl sites for hydroxylation is 1. The first-order valence-corrected chi connectivity index (χ1v) is 8.13. The fourth-order valence-electron chi connectivity index (χ4n) is 2.83. The van der Waals surface area contributed by atoms with Crippen LogP contribution >= 0.6 is 0 Å². The number of anilines is 1. The number of rotatable bonds is 3. The molecule has 2 aromatic heterocycles. The maximum absolute atomic E-state index is 12.7. The first-order chi connectivity index (χ1) is 12.2. The summed E-state index contributed by atoms with van der Waals surface area (Å²) in [6, 6.07) is 23.1. The average Bonchev–Trinajstić information content (AvgIpc) is 3.00. The summed E-state index contributed by atoms with van der Waals surface area (Å²) in [5, 5.41) is 3.03. The van der Waals surface area contributed by atoms with E-state index in [1.54, 1.807) is 12.1 Å². The molecule has 0 saturated carbocycles. The minimum absolute atomic E-state index is 0.153. The lowest BCUT2D eigenvalue weighted by Gasteiger charge is -2.08. The number of nitrogens with one attached hydrogen (secondary N) is 1. The van der Waals surface area contributed by atoms with Gasteiger partial charge < -0.3 is 5.32 Å². The quantitative estimate of drug-likeness (QED) is 0.599. The van der Waals surface area contributed by atoms with Gasteiger partial charge in [-0.15, -0.1) is 0 Å². The van der Waals surface area contributed by atoms with Crippen LogP contribution in [0.25, 0.3) is 16.9 Å². The molecule has 25 heavy (non-hydrogen) atoms. The molecule has 4 nitrogen and oxygen atoms in total. The third kappa shape index (κ3) is 2.90. The molecule has 4 rings (SSSR count). The van der Waals surface area contributed by atoms with Gasteiger partial charge in [-0.3, -0.25) is 9.20 Å². The van der Waals surface area contributed by atoms with Crippen molar-refractivity contribution in [3.8, 4) is 11.3 Å². The highest BCUT2D eigenvalue weighted by molar-refractivity contribution is 6.05. The van der Waals surface area contributed by atoms with Gasteiger partial charge in [-0.1, -0.05) is 48.5 Å². The van der Waals surface area contributed by atoms with E-state index in [9.17, 15) is 4.79 Å². The van der Waals surface area contributed by atoms with Crippen molar-refractivity contribution in [2.24, 2.45) is 0 Å². The Balaban J connectivity index is 1.85. The van der Waals surface area contributed by atoms with E-state index in [1.807, 2.05) is 78.2 Å². The average molecular weight is 327 g/mol. The predicted octanol–water partition coefficient (Wildman–Crippen LogP) is 4.56. The molecule has 2 heterocycles. The van der Waals surface area contributed by atoms with Crippen molar-refractivity contribution in [2.75, 3.05) is 5.32 Å². The lowest BCUT2D eigenvalue weighted by atomic mass is 10.1. The Bertz CT molecular complexity index is 1040. The van der Waals surface area contributed by atoms with Gasteiger partial charge in [0.1, 0.15) is 17.2 Å². The first kappa shape index (κ1) is 15.1. The second-order valence-electron chi connectivity index (χ2n) is 5.93. The molecule has 0 aliphatic carbocycles. The lowest BCUT2D eigenvalue weighted by Crippen LogP contribution is -2.13. The number of amides is 1. The predicted molar refractivity (Wildman–Crippen MR) is 99.8 cm³/mol. The maximum atomic E-state index is 12.7. The van der Waals surface area contributed by atoms with Crippen LogP contribution in [-0.4, -0.2) is 15.3 Å². The van der Waals surface area contributed by atoms with Crippen molar-refractivity contribution in [2.45, 2.75) is 6.92 Å². The molecular weight excluding hydrogens is 310 g/mol. The van der Waals surface area contributed by atoms with Gasteiger partial charge >= 0.3 is 0 Å². The number of aromatic nitrogens is 2. The zero-order chi connectivity index (χ0) is 17.2. The van der Waals surface area contributed by atoms with Gasteiger partial charge in [-0.25, -0.2) is 4.98 Å². The van der Waals surface area contributed by atoms with E-state index in [1.165, 1.54) is 0 Å². The number of pyridine rings is 1. The van der Waals surface area contributed by atoms with Crippen molar-refractivity contribution >= 4 is 17.4 Å². The van der Waals surface area contributed by atoms with Crippen LogP contribution < -0.4 is 5.32 Å². The fourth-order valence-corrected chi connectivity index (χ4v) is 2.83. The van der Waals surface area contributed by atoms with E-state index in [0.717, 1.165) is 22.5 Å². The van der Waals surface area contributed by atoms with E-state index in [0.29, 0.717) is 11.4 Å². The van der Waals surface area contributed by atoms with E-state index in [4.69, 9.17) is 4.98 Å². The Kier molecular flexibility index (Phi) is 3.78. The van der Waals surface area contributed by atoms with Crippen LogP contribution in [0.2, 0.25) is 0 Å². The number of fused-ring (bicyclic) bond motifs is 1. The molecule has 0 atom stereocenters. The third-order valence-electron chi connectivity index (χ3n) is 4.10. The van der Waals surface area contributed by atoms with Gasteiger partial charge in [0.15, 0.2) is 0 Å². The molecule has 0 aliphatic heterocycles. The van der Waals surface area contributed by atoms with Crippen LogP contribution in [0.1, 0.15) is 15.9 Å². The summed E-state index contributed by atoms with van der Waals surface area (Å²) in [5.74, 6) is 0.523. The molecule has 4 heteroatoms. The number of carbonyl (C=O) groups is 1. The molecule has 1 N–H and O–H groups in total. The second kappa shape index (κ2) is 6.24. The van der Waals surface area contributed by atoms with Crippen molar-refractivity contribution in [3.05, 3.63) is 90.1 Å². The van der Waals surface area contributed by atoms with Crippen LogP contribution in [0.4, 0.5) is 5.82 Å². The van der Waals surface area contributed by atoms with Crippen LogP contribution in [0.3, 0.4) is 0 Å².